The van der Waals surface area contributed by atoms with E-state index in [0.717, 1.165) is 17.1 Å². The van der Waals surface area contributed by atoms with Crippen molar-refractivity contribution in [2.24, 2.45) is 0 Å². The zero-order chi connectivity index (χ0) is 19.6. The fraction of sp³-hybridized carbons (Fsp3) is 0.409. The van der Waals surface area contributed by atoms with Crippen molar-refractivity contribution in [2.75, 3.05) is 20.3 Å². The lowest BCUT2D eigenvalue weighted by molar-refractivity contribution is -0.128. The number of nitrogens with one attached hydrogen (secondary N) is 1. The summed E-state index contributed by atoms with van der Waals surface area (Å²) in [7, 11) is 1.61. The fourth-order valence-corrected chi connectivity index (χ4v) is 2.68. The Morgan fingerprint density at radius 2 is 1.70 bits per heavy atom. The van der Waals surface area contributed by atoms with E-state index in [4.69, 9.17) is 14.2 Å². The fourth-order valence-electron chi connectivity index (χ4n) is 2.68. The molecule has 1 atom stereocenters. The molecule has 2 rings (SSSR count). The Kier molecular flexibility index (Phi) is 7.99. The van der Waals surface area contributed by atoms with Gasteiger partial charge in [-0.15, -0.1) is 0 Å². The summed E-state index contributed by atoms with van der Waals surface area (Å²) in [5, 5.41) is 2.88. The maximum Gasteiger partial charge on any atom is 0.261 e. The Labute approximate surface area is 161 Å². The van der Waals surface area contributed by atoms with Crippen molar-refractivity contribution in [3.05, 3.63) is 54.1 Å². The third kappa shape index (κ3) is 6.20. The first kappa shape index (κ1) is 20.6. The van der Waals surface area contributed by atoms with Gasteiger partial charge in [0.25, 0.3) is 5.91 Å². The molecule has 0 bridgehead atoms. The van der Waals surface area contributed by atoms with E-state index in [0.29, 0.717) is 31.2 Å². The van der Waals surface area contributed by atoms with Crippen LogP contribution in [0.4, 0.5) is 0 Å². The number of hydrogen-bond donors (Lipinski definition) is 1. The molecule has 0 aliphatic heterocycles. The molecule has 0 aromatic heterocycles. The SMILES string of the molecule is CC[C@@H](Oc1ccc(OC)cc1)C(=O)NCCOc1ccccc1C(C)C. The number of amides is 1. The second kappa shape index (κ2) is 10.5. The van der Waals surface area contributed by atoms with Gasteiger partial charge in [0.1, 0.15) is 23.9 Å². The zero-order valence-electron chi connectivity index (χ0n) is 16.5. The number of ether oxygens (including phenoxy) is 3. The highest BCUT2D eigenvalue weighted by Gasteiger charge is 2.18. The minimum absolute atomic E-state index is 0.144. The summed E-state index contributed by atoms with van der Waals surface area (Å²) in [6.07, 6.45) is 0.0379. The number of methoxy groups -OCH3 is 1. The monoisotopic (exact) mass is 371 g/mol. The summed E-state index contributed by atoms with van der Waals surface area (Å²) in [5.74, 6) is 2.49. The van der Waals surface area contributed by atoms with E-state index in [1.807, 2.05) is 25.1 Å². The number of carbonyl (C=O) groups excluding carboxylic acids is 1. The standard InChI is InChI=1S/C22H29NO4/c1-5-20(27-18-12-10-17(25-4)11-13-18)22(24)23-14-15-26-21-9-7-6-8-19(21)16(2)3/h6-13,16,20H,5,14-15H2,1-4H3,(H,23,24)/t20-/m1/s1. The third-order valence-electron chi connectivity index (χ3n) is 4.20. The van der Waals surface area contributed by atoms with Gasteiger partial charge in [-0.05, 0) is 48.2 Å². The predicted octanol–water partition coefficient (Wildman–Crippen LogP) is 4.17. The first-order chi connectivity index (χ1) is 13.0. The number of rotatable bonds is 10. The van der Waals surface area contributed by atoms with Gasteiger partial charge in [-0.1, -0.05) is 39.0 Å². The van der Waals surface area contributed by atoms with E-state index in [1.54, 1.807) is 31.4 Å². The molecule has 0 heterocycles. The summed E-state index contributed by atoms with van der Waals surface area (Å²) >= 11 is 0. The van der Waals surface area contributed by atoms with Crippen LogP contribution in [0.15, 0.2) is 48.5 Å². The van der Waals surface area contributed by atoms with Crippen molar-refractivity contribution in [1.29, 1.82) is 0 Å². The van der Waals surface area contributed by atoms with Crippen LogP contribution in [0.25, 0.3) is 0 Å². The average molecular weight is 371 g/mol. The van der Waals surface area contributed by atoms with Crippen LogP contribution in [-0.2, 0) is 4.79 Å². The molecule has 0 saturated carbocycles. The summed E-state index contributed by atoms with van der Waals surface area (Å²) in [6.45, 7) is 7.02. The van der Waals surface area contributed by atoms with E-state index in [1.165, 1.54) is 0 Å². The number of carbonyl (C=O) groups is 1. The van der Waals surface area contributed by atoms with Crippen molar-refractivity contribution < 1.29 is 19.0 Å². The van der Waals surface area contributed by atoms with Gasteiger partial charge in [-0.25, -0.2) is 0 Å². The molecule has 0 saturated heterocycles. The molecule has 0 radical (unpaired) electrons. The molecule has 146 valence electrons. The summed E-state index contributed by atoms with van der Waals surface area (Å²) in [4.78, 5) is 12.4. The van der Waals surface area contributed by atoms with Crippen LogP contribution in [0.1, 0.15) is 38.7 Å². The Hall–Kier alpha value is -2.69. The molecule has 0 aliphatic rings. The molecule has 0 unspecified atom stereocenters. The van der Waals surface area contributed by atoms with Gasteiger partial charge in [0.2, 0.25) is 0 Å². The van der Waals surface area contributed by atoms with Crippen LogP contribution in [0.2, 0.25) is 0 Å². The average Bonchev–Trinajstić information content (AvgIpc) is 2.69. The van der Waals surface area contributed by atoms with Crippen LogP contribution >= 0.6 is 0 Å². The molecule has 0 spiro atoms. The van der Waals surface area contributed by atoms with E-state index in [-0.39, 0.29) is 5.91 Å². The molecule has 1 N–H and O–H groups in total. The quantitative estimate of drug-likeness (QED) is 0.637. The maximum atomic E-state index is 12.4. The van der Waals surface area contributed by atoms with E-state index >= 15 is 0 Å². The Morgan fingerprint density at radius 3 is 2.33 bits per heavy atom. The van der Waals surface area contributed by atoms with Crippen LogP contribution in [0.3, 0.4) is 0 Å². The molecule has 2 aromatic carbocycles. The molecular weight excluding hydrogens is 342 g/mol. The van der Waals surface area contributed by atoms with Crippen molar-refractivity contribution >= 4 is 5.91 Å². The highest BCUT2D eigenvalue weighted by Crippen LogP contribution is 2.25. The third-order valence-corrected chi connectivity index (χ3v) is 4.20. The van der Waals surface area contributed by atoms with Crippen molar-refractivity contribution in [2.45, 2.75) is 39.2 Å². The normalized spacial score (nSPS) is 11.7. The molecule has 5 heteroatoms. The summed E-state index contributed by atoms with van der Waals surface area (Å²) in [6, 6.07) is 15.2. The minimum Gasteiger partial charge on any atom is -0.497 e. The van der Waals surface area contributed by atoms with Crippen LogP contribution in [-0.4, -0.2) is 32.3 Å². The van der Waals surface area contributed by atoms with Gasteiger partial charge in [0, 0.05) is 0 Å². The smallest absolute Gasteiger partial charge is 0.261 e. The van der Waals surface area contributed by atoms with Gasteiger partial charge in [-0.2, -0.15) is 0 Å². The second-order valence-electron chi connectivity index (χ2n) is 6.52. The van der Waals surface area contributed by atoms with Gasteiger partial charge < -0.3 is 19.5 Å². The highest BCUT2D eigenvalue weighted by atomic mass is 16.5. The summed E-state index contributed by atoms with van der Waals surface area (Å²) in [5.41, 5.74) is 1.16. The van der Waals surface area contributed by atoms with Gasteiger partial charge >= 0.3 is 0 Å². The lowest BCUT2D eigenvalue weighted by Crippen LogP contribution is -2.39. The summed E-state index contributed by atoms with van der Waals surface area (Å²) < 4.78 is 16.7. The Balaban J connectivity index is 1.81. The first-order valence-electron chi connectivity index (χ1n) is 9.35. The van der Waals surface area contributed by atoms with Gasteiger partial charge in [-0.3, -0.25) is 4.79 Å². The molecule has 0 aliphatic carbocycles. The van der Waals surface area contributed by atoms with Crippen LogP contribution < -0.4 is 19.5 Å². The lowest BCUT2D eigenvalue weighted by atomic mass is 10.0. The van der Waals surface area contributed by atoms with Crippen LogP contribution in [0.5, 0.6) is 17.2 Å². The predicted molar refractivity (Wildman–Crippen MR) is 107 cm³/mol. The molecular formula is C22H29NO4. The highest BCUT2D eigenvalue weighted by molar-refractivity contribution is 5.81. The Morgan fingerprint density at radius 1 is 1.04 bits per heavy atom. The molecule has 5 nitrogen and oxygen atoms in total. The molecule has 2 aromatic rings. The van der Waals surface area contributed by atoms with E-state index in [2.05, 4.69) is 25.2 Å². The molecule has 0 fully saturated rings. The maximum absolute atomic E-state index is 12.4. The Bertz CT molecular complexity index is 713. The topological polar surface area (TPSA) is 56.8 Å². The first-order valence-corrected chi connectivity index (χ1v) is 9.35. The minimum atomic E-state index is -0.540. The number of para-hydroxylation sites is 1. The van der Waals surface area contributed by atoms with Crippen molar-refractivity contribution in [1.82, 2.24) is 5.32 Å². The zero-order valence-corrected chi connectivity index (χ0v) is 16.5. The lowest BCUT2D eigenvalue weighted by Gasteiger charge is -2.18. The largest absolute Gasteiger partial charge is 0.497 e. The number of hydrogen-bond acceptors (Lipinski definition) is 4. The van der Waals surface area contributed by atoms with Crippen LogP contribution in [0, 0.1) is 0 Å². The van der Waals surface area contributed by atoms with Crippen molar-refractivity contribution in [3.63, 3.8) is 0 Å². The van der Waals surface area contributed by atoms with Gasteiger partial charge in [0.15, 0.2) is 6.10 Å². The van der Waals surface area contributed by atoms with E-state index < -0.39 is 6.10 Å². The second-order valence-corrected chi connectivity index (χ2v) is 6.52. The van der Waals surface area contributed by atoms with Gasteiger partial charge in [0.05, 0.1) is 13.7 Å². The van der Waals surface area contributed by atoms with E-state index in [9.17, 15) is 4.79 Å². The molecule has 1 amide bonds. The molecule has 27 heavy (non-hydrogen) atoms. The number of benzene rings is 2. The van der Waals surface area contributed by atoms with Crippen molar-refractivity contribution in [3.8, 4) is 17.2 Å².